The summed E-state index contributed by atoms with van der Waals surface area (Å²) >= 11 is 0. The number of fused-ring (bicyclic) bond motifs is 1. The third-order valence-corrected chi connectivity index (χ3v) is 5.13. The summed E-state index contributed by atoms with van der Waals surface area (Å²) in [5, 5.41) is 13.3. The van der Waals surface area contributed by atoms with Crippen LogP contribution in [0.15, 0.2) is 73.4 Å². The Morgan fingerprint density at radius 1 is 1.03 bits per heavy atom. The van der Waals surface area contributed by atoms with Crippen molar-refractivity contribution in [1.29, 1.82) is 0 Å². The number of amides is 2. The number of benzene rings is 2. The van der Waals surface area contributed by atoms with Crippen LogP contribution in [0.4, 0.5) is 28.7 Å². The number of nitrogens with one attached hydrogen (secondary N) is 3. The number of nitrogen functional groups attached to an aromatic ring is 1. The highest BCUT2D eigenvalue weighted by Crippen LogP contribution is 2.26. The van der Waals surface area contributed by atoms with Gasteiger partial charge >= 0.3 is 0 Å². The second kappa shape index (κ2) is 9.45. The zero-order valence-corrected chi connectivity index (χ0v) is 18.9. The molecule has 0 radical (unpaired) electrons. The Bertz CT molecular complexity index is 1370. The summed E-state index contributed by atoms with van der Waals surface area (Å²) in [6.45, 7) is 7.57. The number of carbonyl (C=O) groups is 2. The Morgan fingerprint density at radius 2 is 1.76 bits per heavy atom. The van der Waals surface area contributed by atoms with E-state index in [1.807, 2.05) is 18.2 Å². The van der Waals surface area contributed by atoms with Crippen LogP contribution < -0.4 is 21.7 Å². The number of anilines is 5. The van der Waals surface area contributed by atoms with Crippen molar-refractivity contribution in [3.8, 4) is 0 Å². The Labute approximate surface area is 196 Å². The van der Waals surface area contributed by atoms with Gasteiger partial charge in [0.25, 0.3) is 5.91 Å². The average Bonchev–Trinajstić information content (AvgIpc) is 3.24. The molecule has 0 spiro atoms. The van der Waals surface area contributed by atoms with Gasteiger partial charge < -0.3 is 21.7 Å². The molecule has 2 aromatic heterocycles. The first kappa shape index (κ1) is 22.5. The number of nitrogens with two attached hydrogens (primary N) is 1. The molecule has 0 saturated carbocycles. The van der Waals surface area contributed by atoms with Gasteiger partial charge in [-0.2, -0.15) is 9.61 Å². The number of hydrogen-bond acceptors (Lipinski definition) is 6. The Kier molecular flexibility index (Phi) is 6.26. The van der Waals surface area contributed by atoms with Crippen LogP contribution in [0.1, 0.15) is 35.7 Å². The van der Waals surface area contributed by atoms with Crippen molar-refractivity contribution in [2.45, 2.75) is 19.8 Å². The van der Waals surface area contributed by atoms with Crippen molar-refractivity contribution >= 4 is 46.2 Å². The van der Waals surface area contributed by atoms with Gasteiger partial charge in [0.1, 0.15) is 11.6 Å². The van der Waals surface area contributed by atoms with Crippen LogP contribution in [0.3, 0.4) is 0 Å². The lowest BCUT2D eigenvalue weighted by Crippen LogP contribution is -2.12. The SMILES string of the molecule is C=CC(=O)Nc1ccc(C(=O)Nc2cccc(Nc3cc(N)nc4c(C(C)C)cnn34)c2)cc1. The van der Waals surface area contributed by atoms with E-state index in [1.165, 1.54) is 6.08 Å². The van der Waals surface area contributed by atoms with Crippen LogP contribution in [0, 0.1) is 0 Å². The van der Waals surface area contributed by atoms with Crippen molar-refractivity contribution in [3.05, 3.63) is 84.6 Å². The summed E-state index contributed by atoms with van der Waals surface area (Å²) < 4.78 is 1.71. The topological polar surface area (TPSA) is 126 Å². The Morgan fingerprint density at radius 3 is 2.47 bits per heavy atom. The van der Waals surface area contributed by atoms with Crippen molar-refractivity contribution in [2.24, 2.45) is 0 Å². The zero-order chi connectivity index (χ0) is 24.2. The van der Waals surface area contributed by atoms with E-state index in [1.54, 1.807) is 47.1 Å². The molecule has 172 valence electrons. The van der Waals surface area contributed by atoms with E-state index in [0.29, 0.717) is 34.2 Å². The first-order chi connectivity index (χ1) is 16.3. The number of aromatic nitrogens is 3. The minimum Gasteiger partial charge on any atom is -0.384 e. The quantitative estimate of drug-likeness (QED) is 0.303. The molecule has 0 saturated heterocycles. The molecular weight excluding hydrogens is 430 g/mol. The van der Waals surface area contributed by atoms with Gasteiger partial charge in [-0.1, -0.05) is 26.5 Å². The molecule has 4 aromatic rings. The van der Waals surface area contributed by atoms with Gasteiger partial charge in [-0.05, 0) is 54.5 Å². The van der Waals surface area contributed by atoms with Gasteiger partial charge in [-0.3, -0.25) is 9.59 Å². The number of nitrogens with zero attached hydrogens (tertiary/aromatic N) is 3. The van der Waals surface area contributed by atoms with Crippen LogP contribution >= 0.6 is 0 Å². The Balaban J connectivity index is 1.51. The molecule has 2 amide bonds. The van der Waals surface area contributed by atoms with Crippen molar-refractivity contribution in [3.63, 3.8) is 0 Å². The van der Waals surface area contributed by atoms with Crippen LogP contribution in [0.2, 0.25) is 0 Å². The molecule has 2 aromatic carbocycles. The second-order valence-electron chi connectivity index (χ2n) is 7.99. The molecule has 0 aliphatic heterocycles. The average molecular weight is 456 g/mol. The highest BCUT2D eigenvalue weighted by molar-refractivity contribution is 6.05. The lowest BCUT2D eigenvalue weighted by Gasteiger charge is -2.12. The summed E-state index contributed by atoms with van der Waals surface area (Å²) in [7, 11) is 0. The molecule has 0 aliphatic rings. The van der Waals surface area contributed by atoms with Gasteiger partial charge in [-0.25, -0.2) is 4.98 Å². The molecule has 0 aliphatic carbocycles. The highest BCUT2D eigenvalue weighted by atomic mass is 16.2. The van der Waals surface area contributed by atoms with E-state index in [-0.39, 0.29) is 17.7 Å². The van der Waals surface area contributed by atoms with Crippen LogP contribution in [0.25, 0.3) is 5.65 Å². The maximum atomic E-state index is 12.7. The molecule has 34 heavy (non-hydrogen) atoms. The summed E-state index contributed by atoms with van der Waals surface area (Å²) in [6.07, 6.45) is 2.98. The molecule has 0 bridgehead atoms. The molecule has 5 N–H and O–H groups in total. The zero-order valence-electron chi connectivity index (χ0n) is 18.9. The summed E-state index contributed by atoms with van der Waals surface area (Å²) in [5.74, 6) is 0.711. The molecule has 9 nitrogen and oxygen atoms in total. The normalized spacial score (nSPS) is 10.8. The van der Waals surface area contributed by atoms with Crippen LogP contribution in [-0.4, -0.2) is 26.4 Å². The van der Waals surface area contributed by atoms with Crippen LogP contribution in [0.5, 0.6) is 0 Å². The lowest BCUT2D eigenvalue weighted by molar-refractivity contribution is -0.111. The van der Waals surface area contributed by atoms with E-state index < -0.39 is 0 Å². The van der Waals surface area contributed by atoms with Crippen LogP contribution in [-0.2, 0) is 4.79 Å². The lowest BCUT2D eigenvalue weighted by atomic mass is 10.1. The Hall–Kier alpha value is -4.66. The second-order valence-corrected chi connectivity index (χ2v) is 7.99. The van der Waals surface area contributed by atoms with E-state index in [2.05, 4.69) is 46.5 Å². The number of hydrogen-bond donors (Lipinski definition) is 4. The molecule has 2 heterocycles. The van der Waals surface area contributed by atoms with Gasteiger partial charge in [0.2, 0.25) is 5.91 Å². The van der Waals surface area contributed by atoms with Crippen molar-refractivity contribution in [2.75, 3.05) is 21.7 Å². The predicted molar refractivity (Wildman–Crippen MR) is 134 cm³/mol. The van der Waals surface area contributed by atoms with E-state index in [0.717, 1.165) is 11.3 Å². The maximum absolute atomic E-state index is 12.7. The third kappa shape index (κ3) is 4.88. The fourth-order valence-corrected chi connectivity index (χ4v) is 3.42. The third-order valence-electron chi connectivity index (χ3n) is 5.13. The smallest absolute Gasteiger partial charge is 0.255 e. The molecular formula is C25H25N7O2. The standard InChI is InChI=1S/C25H25N7O2/c1-4-23(33)29-17-10-8-16(9-11-17)25(34)30-19-7-5-6-18(12-19)28-22-13-21(26)31-24-20(15(2)3)14-27-32(22)24/h4-15,28H,1H2,2-3H3,(H2,26,31)(H,29,33)(H,30,34). The first-order valence-corrected chi connectivity index (χ1v) is 10.7. The first-order valence-electron chi connectivity index (χ1n) is 10.7. The fraction of sp³-hybridized carbons (Fsp3) is 0.120. The van der Waals surface area contributed by atoms with Gasteiger partial charge in [0, 0.05) is 34.3 Å². The van der Waals surface area contributed by atoms with E-state index in [4.69, 9.17) is 5.73 Å². The number of carbonyl (C=O) groups excluding carboxylic acids is 2. The minimum atomic E-state index is -0.315. The molecule has 0 unspecified atom stereocenters. The van der Waals surface area contributed by atoms with E-state index in [9.17, 15) is 9.59 Å². The van der Waals surface area contributed by atoms with Gasteiger partial charge in [0.15, 0.2) is 5.65 Å². The van der Waals surface area contributed by atoms with Gasteiger partial charge in [-0.15, -0.1) is 0 Å². The summed E-state index contributed by atoms with van der Waals surface area (Å²) in [4.78, 5) is 28.5. The summed E-state index contributed by atoms with van der Waals surface area (Å²) in [5.41, 5.74) is 10.1. The van der Waals surface area contributed by atoms with Gasteiger partial charge in [0.05, 0.1) is 6.20 Å². The maximum Gasteiger partial charge on any atom is 0.255 e. The highest BCUT2D eigenvalue weighted by Gasteiger charge is 2.14. The molecule has 9 heteroatoms. The fourth-order valence-electron chi connectivity index (χ4n) is 3.42. The predicted octanol–water partition coefficient (Wildman–Crippen LogP) is 4.56. The molecule has 0 fully saturated rings. The molecule has 4 rings (SSSR count). The van der Waals surface area contributed by atoms with E-state index >= 15 is 0 Å². The number of rotatable bonds is 7. The monoisotopic (exact) mass is 455 g/mol. The summed E-state index contributed by atoms with van der Waals surface area (Å²) in [6, 6.07) is 15.6. The van der Waals surface area contributed by atoms with Crippen molar-refractivity contribution < 1.29 is 9.59 Å². The largest absolute Gasteiger partial charge is 0.384 e. The van der Waals surface area contributed by atoms with Crippen molar-refractivity contribution in [1.82, 2.24) is 14.6 Å². The molecule has 0 atom stereocenters. The minimum absolute atomic E-state index is 0.255.